The summed E-state index contributed by atoms with van der Waals surface area (Å²) in [5.41, 5.74) is 0.257. The highest BCUT2D eigenvalue weighted by atomic mass is 19.1. The molecule has 0 saturated heterocycles. The molecule has 0 radical (unpaired) electrons. The highest BCUT2D eigenvalue weighted by Gasteiger charge is 2.19. The van der Waals surface area contributed by atoms with Gasteiger partial charge in [-0.05, 0) is 18.6 Å². The molecule has 0 spiro atoms. The van der Waals surface area contributed by atoms with Gasteiger partial charge in [-0.2, -0.15) is 0 Å². The predicted molar refractivity (Wildman–Crippen MR) is 71.4 cm³/mol. The second kappa shape index (κ2) is 7.32. The molecule has 2 amide bonds. The van der Waals surface area contributed by atoms with Crippen LogP contribution in [-0.4, -0.2) is 30.3 Å². The topological polar surface area (TPSA) is 87.7 Å². The van der Waals surface area contributed by atoms with Crippen LogP contribution in [0.3, 0.4) is 0 Å². The lowest BCUT2D eigenvalue weighted by Crippen LogP contribution is -2.42. The highest BCUT2D eigenvalue weighted by molar-refractivity contribution is 5.93. The van der Waals surface area contributed by atoms with Crippen molar-refractivity contribution in [3.8, 4) is 5.75 Å². The van der Waals surface area contributed by atoms with Gasteiger partial charge < -0.3 is 20.5 Å². The van der Waals surface area contributed by atoms with Crippen LogP contribution in [0, 0.1) is 5.82 Å². The Bertz CT molecular complexity index is 493. The predicted octanol–water partition coefficient (Wildman–Crippen LogP) is 2.21. The summed E-state index contributed by atoms with van der Waals surface area (Å²) in [4.78, 5) is 22.6. The zero-order chi connectivity index (χ0) is 15.1. The molecule has 1 unspecified atom stereocenters. The fourth-order valence-corrected chi connectivity index (χ4v) is 1.63. The van der Waals surface area contributed by atoms with Crippen LogP contribution in [0.4, 0.5) is 14.9 Å². The number of carboxylic acids is 1. The molecule has 1 aromatic rings. The fourth-order valence-electron chi connectivity index (χ4n) is 1.63. The van der Waals surface area contributed by atoms with Crippen molar-refractivity contribution in [3.63, 3.8) is 0 Å². The summed E-state index contributed by atoms with van der Waals surface area (Å²) in [6, 6.07) is 1.97. The zero-order valence-electron chi connectivity index (χ0n) is 11.3. The molecule has 0 aliphatic heterocycles. The van der Waals surface area contributed by atoms with Gasteiger partial charge in [0.2, 0.25) is 0 Å². The maximum atomic E-state index is 13.0. The van der Waals surface area contributed by atoms with Crippen LogP contribution in [0.1, 0.15) is 19.8 Å². The lowest BCUT2D eigenvalue weighted by molar-refractivity contribution is -0.139. The molecule has 7 heteroatoms. The molecule has 1 atom stereocenters. The number of methoxy groups -OCH3 is 1. The van der Waals surface area contributed by atoms with Gasteiger partial charge in [-0.25, -0.2) is 14.0 Å². The Morgan fingerprint density at radius 3 is 2.70 bits per heavy atom. The molecule has 0 saturated carbocycles. The number of nitrogens with one attached hydrogen (secondary N) is 2. The standard InChI is InChI=1S/C13H17FN2O4/c1-3-4-10(12(17)18)16-13(19)15-9-6-5-8(14)7-11(9)20-2/h5-7,10H,3-4H2,1-2H3,(H,17,18)(H2,15,16,19). The lowest BCUT2D eigenvalue weighted by Gasteiger charge is -2.15. The number of carbonyl (C=O) groups excluding carboxylic acids is 1. The largest absolute Gasteiger partial charge is 0.494 e. The summed E-state index contributed by atoms with van der Waals surface area (Å²) in [7, 11) is 1.34. The molecular formula is C13H17FN2O4. The van der Waals surface area contributed by atoms with Crippen molar-refractivity contribution in [2.24, 2.45) is 0 Å². The normalized spacial score (nSPS) is 11.6. The van der Waals surface area contributed by atoms with E-state index in [1.807, 2.05) is 6.92 Å². The lowest BCUT2D eigenvalue weighted by atomic mass is 10.2. The number of aliphatic carboxylic acids is 1. The van der Waals surface area contributed by atoms with E-state index in [1.165, 1.54) is 19.2 Å². The molecule has 0 aromatic heterocycles. The first-order chi connectivity index (χ1) is 9.47. The number of hydrogen-bond acceptors (Lipinski definition) is 3. The van der Waals surface area contributed by atoms with Gasteiger partial charge in [0.05, 0.1) is 12.8 Å². The number of ether oxygens (including phenoxy) is 1. The van der Waals surface area contributed by atoms with Gasteiger partial charge in [0, 0.05) is 6.07 Å². The van der Waals surface area contributed by atoms with E-state index in [-0.39, 0.29) is 11.4 Å². The minimum atomic E-state index is -1.10. The molecule has 0 aliphatic rings. The number of rotatable bonds is 6. The molecule has 110 valence electrons. The van der Waals surface area contributed by atoms with Crippen molar-refractivity contribution >= 4 is 17.7 Å². The minimum Gasteiger partial charge on any atom is -0.494 e. The second-order valence-electron chi connectivity index (χ2n) is 4.12. The Labute approximate surface area is 115 Å². The maximum absolute atomic E-state index is 13.0. The smallest absolute Gasteiger partial charge is 0.326 e. The van der Waals surface area contributed by atoms with Crippen LogP contribution in [0.2, 0.25) is 0 Å². The van der Waals surface area contributed by atoms with Crippen molar-refractivity contribution in [1.82, 2.24) is 5.32 Å². The summed E-state index contributed by atoms with van der Waals surface area (Å²) >= 11 is 0. The van der Waals surface area contributed by atoms with Crippen LogP contribution in [0.5, 0.6) is 5.75 Å². The van der Waals surface area contributed by atoms with Crippen molar-refractivity contribution in [2.75, 3.05) is 12.4 Å². The van der Waals surface area contributed by atoms with Gasteiger partial charge in [0.15, 0.2) is 0 Å². The third kappa shape index (κ3) is 4.42. The van der Waals surface area contributed by atoms with E-state index in [0.29, 0.717) is 12.8 Å². The van der Waals surface area contributed by atoms with E-state index in [9.17, 15) is 14.0 Å². The highest BCUT2D eigenvalue weighted by Crippen LogP contribution is 2.24. The van der Waals surface area contributed by atoms with Crippen molar-refractivity contribution < 1.29 is 23.8 Å². The van der Waals surface area contributed by atoms with E-state index < -0.39 is 23.9 Å². The van der Waals surface area contributed by atoms with Crippen LogP contribution >= 0.6 is 0 Å². The van der Waals surface area contributed by atoms with E-state index in [0.717, 1.165) is 6.07 Å². The Balaban J connectivity index is 2.73. The maximum Gasteiger partial charge on any atom is 0.326 e. The number of benzene rings is 1. The first kappa shape index (κ1) is 15.7. The fraction of sp³-hybridized carbons (Fsp3) is 0.385. The average molecular weight is 284 g/mol. The Kier molecular flexibility index (Phi) is 5.76. The van der Waals surface area contributed by atoms with E-state index >= 15 is 0 Å². The van der Waals surface area contributed by atoms with Gasteiger partial charge in [-0.15, -0.1) is 0 Å². The summed E-state index contributed by atoms with van der Waals surface area (Å²) < 4.78 is 17.9. The third-order valence-electron chi connectivity index (χ3n) is 2.59. The molecule has 0 heterocycles. The van der Waals surface area contributed by atoms with E-state index in [4.69, 9.17) is 9.84 Å². The molecule has 20 heavy (non-hydrogen) atoms. The average Bonchev–Trinajstić information content (AvgIpc) is 2.40. The molecular weight excluding hydrogens is 267 g/mol. The van der Waals surface area contributed by atoms with Crippen molar-refractivity contribution in [1.29, 1.82) is 0 Å². The first-order valence-electron chi connectivity index (χ1n) is 6.11. The Hall–Kier alpha value is -2.31. The van der Waals surface area contributed by atoms with Crippen LogP contribution in [-0.2, 0) is 4.79 Å². The molecule has 0 bridgehead atoms. The summed E-state index contributed by atoms with van der Waals surface area (Å²) in [5, 5.41) is 13.7. The summed E-state index contributed by atoms with van der Waals surface area (Å²) in [6.45, 7) is 1.82. The molecule has 6 nitrogen and oxygen atoms in total. The van der Waals surface area contributed by atoms with E-state index in [2.05, 4.69) is 10.6 Å². The number of urea groups is 1. The monoisotopic (exact) mass is 284 g/mol. The van der Waals surface area contributed by atoms with Gasteiger partial charge in [-0.3, -0.25) is 0 Å². The van der Waals surface area contributed by atoms with Gasteiger partial charge in [-0.1, -0.05) is 13.3 Å². The SMILES string of the molecule is CCCC(NC(=O)Nc1ccc(F)cc1OC)C(=O)O. The summed E-state index contributed by atoms with van der Waals surface area (Å²) in [5.74, 6) is -1.45. The summed E-state index contributed by atoms with van der Waals surface area (Å²) in [6.07, 6.45) is 0.945. The Morgan fingerprint density at radius 1 is 1.45 bits per heavy atom. The van der Waals surface area contributed by atoms with Gasteiger partial charge in [0.25, 0.3) is 0 Å². The number of amides is 2. The number of carboxylic acid groups (broad SMARTS) is 1. The molecule has 0 aliphatic carbocycles. The Morgan fingerprint density at radius 2 is 2.15 bits per heavy atom. The molecule has 3 N–H and O–H groups in total. The number of carbonyl (C=O) groups is 2. The van der Waals surface area contributed by atoms with Crippen LogP contribution < -0.4 is 15.4 Å². The number of anilines is 1. The zero-order valence-corrected chi connectivity index (χ0v) is 11.3. The second-order valence-corrected chi connectivity index (χ2v) is 4.12. The van der Waals surface area contributed by atoms with Gasteiger partial charge >= 0.3 is 12.0 Å². The minimum absolute atomic E-state index is 0.155. The number of halogens is 1. The first-order valence-corrected chi connectivity index (χ1v) is 6.11. The molecule has 0 fully saturated rings. The van der Waals surface area contributed by atoms with Crippen LogP contribution in [0.15, 0.2) is 18.2 Å². The van der Waals surface area contributed by atoms with Crippen LogP contribution in [0.25, 0.3) is 0 Å². The van der Waals surface area contributed by atoms with Crippen molar-refractivity contribution in [3.05, 3.63) is 24.0 Å². The van der Waals surface area contributed by atoms with Crippen molar-refractivity contribution in [2.45, 2.75) is 25.8 Å². The third-order valence-corrected chi connectivity index (χ3v) is 2.59. The molecule has 1 rings (SSSR count). The van der Waals surface area contributed by atoms with E-state index in [1.54, 1.807) is 0 Å². The van der Waals surface area contributed by atoms with Gasteiger partial charge in [0.1, 0.15) is 17.6 Å². The quantitative estimate of drug-likeness (QED) is 0.747. The molecule has 1 aromatic carbocycles. The number of hydrogen-bond donors (Lipinski definition) is 3.